The van der Waals surface area contributed by atoms with Crippen LogP contribution in [0.15, 0.2) is 18.2 Å². The molecule has 0 bridgehead atoms. The molecular weight excluding hydrogens is 234 g/mol. The molecule has 0 saturated carbocycles. The fraction of sp³-hybridized carbons (Fsp3) is 0.588. The van der Waals surface area contributed by atoms with Crippen LogP contribution >= 0.6 is 0 Å². The molecule has 1 aromatic rings. The first-order valence-electron chi connectivity index (χ1n) is 7.20. The standard InChI is InChI=1S/C17H27NO/c1-13(2)10-11-18(5)17(19)9-8-16-7-6-14(3)12-15(16)4/h6-7,12-13H,8-11H2,1-5H3. The first-order chi connectivity index (χ1) is 8.90. The zero-order chi connectivity index (χ0) is 14.4. The van der Waals surface area contributed by atoms with Crippen molar-refractivity contribution < 1.29 is 4.79 Å². The number of aryl methyl sites for hydroxylation is 3. The highest BCUT2D eigenvalue weighted by atomic mass is 16.2. The van der Waals surface area contributed by atoms with Crippen LogP contribution in [0, 0.1) is 19.8 Å². The van der Waals surface area contributed by atoms with Gasteiger partial charge in [0, 0.05) is 20.0 Å². The Hall–Kier alpha value is -1.31. The summed E-state index contributed by atoms with van der Waals surface area (Å²) < 4.78 is 0. The van der Waals surface area contributed by atoms with E-state index in [0.717, 1.165) is 19.4 Å². The monoisotopic (exact) mass is 261 g/mol. The van der Waals surface area contributed by atoms with Gasteiger partial charge in [-0.15, -0.1) is 0 Å². The lowest BCUT2D eigenvalue weighted by molar-refractivity contribution is -0.130. The summed E-state index contributed by atoms with van der Waals surface area (Å²) in [5.41, 5.74) is 3.86. The molecule has 0 heterocycles. The molecule has 19 heavy (non-hydrogen) atoms. The van der Waals surface area contributed by atoms with Crippen LogP contribution in [0.3, 0.4) is 0 Å². The molecule has 0 unspecified atom stereocenters. The Kier molecular flexibility index (Phi) is 6.07. The number of hydrogen-bond acceptors (Lipinski definition) is 1. The average Bonchev–Trinajstić information content (AvgIpc) is 2.34. The molecule has 0 aliphatic carbocycles. The third kappa shape index (κ3) is 5.46. The quantitative estimate of drug-likeness (QED) is 0.764. The van der Waals surface area contributed by atoms with E-state index in [0.29, 0.717) is 12.3 Å². The largest absolute Gasteiger partial charge is 0.346 e. The summed E-state index contributed by atoms with van der Waals surface area (Å²) in [7, 11) is 1.91. The molecule has 0 aliphatic rings. The normalized spacial score (nSPS) is 10.8. The second kappa shape index (κ2) is 7.32. The highest BCUT2D eigenvalue weighted by Gasteiger charge is 2.10. The Bertz CT molecular complexity index is 423. The molecule has 106 valence electrons. The van der Waals surface area contributed by atoms with Crippen molar-refractivity contribution in [1.82, 2.24) is 4.90 Å². The average molecular weight is 261 g/mol. The van der Waals surface area contributed by atoms with E-state index in [1.54, 1.807) is 0 Å². The molecule has 0 radical (unpaired) electrons. The van der Waals surface area contributed by atoms with Crippen molar-refractivity contribution in [3.8, 4) is 0 Å². The molecule has 2 nitrogen and oxygen atoms in total. The third-order valence-electron chi connectivity index (χ3n) is 3.57. The predicted molar refractivity (Wildman–Crippen MR) is 81.3 cm³/mol. The van der Waals surface area contributed by atoms with Gasteiger partial charge in [0.05, 0.1) is 0 Å². The highest BCUT2D eigenvalue weighted by molar-refractivity contribution is 5.76. The van der Waals surface area contributed by atoms with Crippen molar-refractivity contribution in [2.75, 3.05) is 13.6 Å². The minimum absolute atomic E-state index is 0.251. The second-order valence-electron chi connectivity index (χ2n) is 5.93. The fourth-order valence-electron chi connectivity index (χ4n) is 2.14. The number of carbonyl (C=O) groups is 1. The summed E-state index contributed by atoms with van der Waals surface area (Å²) >= 11 is 0. The smallest absolute Gasteiger partial charge is 0.222 e. The number of nitrogens with zero attached hydrogens (tertiary/aromatic N) is 1. The Labute approximate surface area is 117 Å². The molecule has 0 atom stereocenters. The molecule has 0 aromatic heterocycles. The third-order valence-corrected chi connectivity index (χ3v) is 3.57. The van der Waals surface area contributed by atoms with Gasteiger partial charge in [-0.1, -0.05) is 37.6 Å². The van der Waals surface area contributed by atoms with Crippen molar-refractivity contribution in [2.24, 2.45) is 5.92 Å². The molecule has 0 saturated heterocycles. The van der Waals surface area contributed by atoms with E-state index in [9.17, 15) is 4.79 Å². The summed E-state index contributed by atoms with van der Waals surface area (Å²) in [6.07, 6.45) is 2.53. The van der Waals surface area contributed by atoms with Crippen molar-refractivity contribution in [2.45, 2.75) is 47.0 Å². The summed E-state index contributed by atoms with van der Waals surface area (Å²) in [6.45, 7) is 9.46. The van der Waals surface area contributed by atoms with E-state index >= 15 is 0 Å². The van der Waals surface area contributed by atoms with Crippen LogP contribution in [0.5, 0.6) is 0 Å². The maximum atomic E-state index is 12.0. The number of benzene rings is 1. The SMILES string of the molecule is Cc1ccc(CCC(=O)N(C)CCC(C)C)c(C)c1. The molecule has 0 fully saturated rings. The first kappa shape index (κ1) is 15.7. The van der Waals surface area contributed by atoms with Crippen LogP contribution in [-0.4, -0.2) is 24.4 Å². The maximum absolute atomic E-state index is 12.0. The van der Waals surface area contributed by atoms with E-state index in [1.807, 2.05) is 11.9 Å². The van der Waals surface area contributed by atoms with E-state index in [2.05, 4.69) is 45.9 Å². The summed E-state index contributed by atoms with van der Waals surface area (Å²) in [5.74, 6) is 0.898. The van der Waals surface area contributed by atoms with E-state index in [-0.39, 0.29) is 5.91 Å². The predicted octanol–water partition coefficient (Wildman–Crippen LogP) is 3.74. The van der Waals surface area contributed by atoms with Gasteiger partial charge in [0.2, 0.25) is 5.91 Å². The second-order valence-corrected chi connectivity index (χ2v) is 5.93. The van der Waals surface area contributed by atoms with Crippen LogP contribution < -0.4 is 0 Å². The van der Waals surface area contributed by atoms with Gasteiger partial charge in [0.1, 0.15) is 0 Å². The Morgan fingerprint density at radius 1 is 1.26 bits per heavy atom. The lowest BCUT2D eigenvalue weighted by atomic mass is 10.0. The van der Waals surface area contributed by atoms with Gasteiger partial charge >= 0.3 is 0 Å². The van der Waals surface area contributed by atoms with Crippen LogP contribution in [0.4, 0.5) is 0 Å². The van der Waals surface area contributed by atoms with Gasteiger partial charge in [0.15, 0.2) is 0 Å². The topological polar surface area (TPSA) is 20.3 Å². The Balaban J connectivity index is 2.45. The van der Waals surface area contributed by atoms with Gasteiger partial charge < -0.3 is 4.90 Å². The van der Waals surface area contributed by atoms with Crippen LogP contribution in [-0.2, 0) is 11.2 Å². The van der Waals surface area contributed by atoms with Gasteiger partial charge in [0.25, 0.3) is 0 Å². The molecular formula is C17H27NO. The lowest BCUT2D eigenvalue weighted by Crippen LogP contribution is -2.28. The molecule has 0 N–H and O–H groups in total. The molecule has 0 aliphatic heterocycles. The van der Waals surface area contributed by atoms with Gasteiger partial charge in [-0.25, -0.2) is 0 Å². The van der Waals surface area contributed by atoms with Crippen molar-refractivity contribution >= 4 is 5.91 Å². The molecule has 1 rings (SSSR count). The van der Waals surface area contributed by atoms with Crippen LogP contribution in [0.25, 0.3) is 0 Å². The molecule has 2 heteroatoms. The first-order valence-corrected chi connectivity index (χ1v) is 7.20. The summed E-state index contributed by atoms with van der Waals surface area (Å²) in [4.78, 5) is 13.9. The maximum Gasteiger partial charge on any atom is 0.222 e. The van der Waals surface area contributed by atoms with Gasteiger partial charge in [-0.05, 0) is 43.7 Å². The van der Waals surface area contributed by atoms with Crippen LogP contribution in [0.2, 0.25) is 0 Å². The van der Waals surface area contributed by atoms with E-state index < -0.39 is 0 Å². The Morgan fingerprint density at radius 2 is 1.95 bits per heavy atom. The number of hydrogen-bond donors (Lipinski definition) is 0. The minimum Gasteiger partial charge on any atom is -0.346 e. The highest BCUT2D eigenvalue weighted by Crippen LogP contribution is 2.13. The van der Waals surface area contributed by atoms with E-state index in [4.69, 9.17) is 0 Å². The minimum atomic E-state index is 0.251. The molecule has 0 spiro atoms. The zero-order valence-electron chi connectivity index (χ0n) is 13.0. The number of carbonyl (C=O) groups excluding carboxylic acids is 1. The van der Waals surface area contributed by atoms with Crippen molar-refractivity contribution in [1.29, 1.82) is 0 Å². The van der Waals surface area contributed by atoms with Gasteiger partial charge in [-0.3, -0.25) is 4.79 Å². The van der Waals surface area contributed by atoms with Crippen LogP contribution in [0.1, 0.15) is 43.4 Å². The van der Waals surface area contributed by atoms with Crippen molar-refractivity contribution in [3.05, 3.63) is 34.9 Å². The summed E-state index contributed by atoms with van der Waals surface area (Å²) in [6, 6.07) is 6.45. The van der Waals surface area contributed by atoms with Gasteiger partial charge in [-0.2, -0.15) is 0 Å². The number of rotatable bonds is 6. The fourth-order valence-corrected chi connectivity index (χ4v) is 2.14. The summed E-state index contributed by atoms with van der Waals surface area (Å²) in [5, 5.41) is 0. The lowest BCUT2D eigenvalue weighted by Gasteiger charge is -2.18. The number of amides is 1. The molecule has 1 amide bonds. The Morgan fingerprint density at radius 3 is 2.53 bits per heavy atom. The van der Waals surface area contributed by atoms with Crippen molar-refractivity contribution in [3.63, 3.8) is 0 Å². The zero-order valence-corrected chi connectivity index (χ0v) is 13.0. The molecule has 1 aromatic carbocycles. The van der Waals surface area contributed by atoms with E-state index in [1.165, 1.54) is 16.7 Å².